The maximum absolute atomic E-state index is 5.63. The van der Waals surface area contributed by atoms with Crippen molar-refractivity contribution < 1.29 is 4.74 Å². The lowest BCUT2D eigenvalue weighted by atomic mass is 10.3. The molecule has 0 aliphatic heterocycles. The topological polar surface area (TPSA) is 35.0 Å². The second kappa shape index (κ2) is 5.82. The van der Waals surface area contributed by atoms with Crippen LogP contribution in [-0.4, -0.2) is 16.1 Å². The molecule has 84 valence electrons. The number of para-hydroxylation sites is 1. The van der Waals surface area contributed by atoms with E-state index in [2.05, 4.69) is 10.2 Å². The molecular weight excluding hydrogens is 244 g/mol. The Morgan fingerprint density at radius 3 is 2.62 bits per heavy atom. The maximum atomic E-state index is 5.63. The highest BCUT2D eigenvalue weighted by molar-refractivity contribution is 7.11. The zero-order valence-corrected chi connectivity index (χ0v) is 10.2. The van der Waals surface area contributed by atoms with E-state index >= 15 is 0 Å². The van der Waals surface area contributed by atoms with E-state index in [1.54, 1.807) is 11.3 Å². The molecular formula is C11H11ClN2OS. The van der Waals surface area contributed by atoms with Crippen LogP contribution in [0.25, 0.3) is 0 Å². The lowest BCUT2D eigenvalue weighted by molar-refractivity contribution is 0.304. The molecule has 0 aliphatic rings. The van der Waals surface area contributed by atoms with Gasteiger partial charge in [0.25, 0.3) is 0 Å². The molecule has 1 heterocycles. The van der Waals surface area contributed by atoms with Gasteiger partial charge >= 0.3 is 0 Å². The quantitative estimate of drug-likeness (QED) is 0.770. The smallest absolute Gasteiger partial charge is 0.155 e. The minimum Gasteiger partial charge on any atom is -0.486 e. The van der Waals surface area contributed by atoms with Gasteiger partial charge in [-0.3, -0.25) is 0 Å². The van der Waals surface area contributed by atoms with Crippen molar-refractivity contribution in [1.29, 1.82) is 0 Å². The molecule has 0 unspecified atom stereocenters. The highest BCUT2D eigenvalue weighted by Crippen LogP contribution is 2.15. The summed E-state index contributed by atoms with van der Waals surface area (Å²) in [6.45, 7) is 0.462. The maximum Gasteiger partial charge on any atom is 0.155 e. The number of aromatic nitrogens is 2. The Bertz CT molecular complexity index is 433. The summed E-state index contributed by atoms with van der Waals surface area (Å²) in [5, 5.41) is 9.90. The Morgan fingerprint density at radius 2 is 1.88 bits per heavy atom. The van der Waals surface area contributed by atoms with E-state index in [1.807, 2.05) is 30.3 Å². The Hall–Kier alpha value is -1.13. The second-order valence-electron chi connectivity index (χ2n) is 3.13. The molecule has 0 bridgehead atoms. The first-order valence-corrected chi connectivity index (χ1v) is 6.28. The Morgan fingerprint density at radius 1 is 1.12 bits per heavy atom. The van der Waals surface area contributed by atoms with Crippen LogP contribution in [0.3, 0.4) is 0 Å². The fraction of sp³-hybridized carbons (Fsp3) is 0.273. The number of rotatable bonds is 5. The van der Waals surface area contributed by atoms with Crippen molar-refractivity contribution in [2.45, 2.75) is 13.0 Å². The van der Waals surface area contributed by atoms with E-state index in [-0.39, 0.29) is 0 Å². The number of alkyl halides is 1. The first-order valence-electron chi connectivity index (χ1n) is 4.93. The number of hydrogen-bond acceptors (Lipinski definition) is 4. The van der Waals surface area contributed by atoms with Crippen LogP contribution in [0.2, 0.25) is 0 Å². The van der Waals surface area contributed by atoms with Crippen molar-refractivity contribution in [3.05, 3.63) is 40.3 Å². The predicted octanol–water partition coefficient (Wildman–Crippen LogP) is 2.90. The fourth-order valence-electron chi connectivity index (χ4n) is 1.19. The highest BCUT2D eigenvalue weighted by atomic mass is 35.5. The molecule has 0 radical (unpaired) electrons. The third-order valence-corrected chi connectivity index (χ3v) is 3.07. The van der Waals surface area contributed by atoms with Crippen LogP contribution in [0, 0.1) is 0 Å². The van der Waals surface area contributed by atoms with Crippen LogP contribution in [0.4, 0.5) is 0 Å². The molecule has 2 aromatic rings. The van der Waals surface area contributed by atoms with Crippen LogP contribution in [-0.2, 0) is 13.0 Å². The summed E-state index contributed by atoms with van der Waals surface area (Å²) in [4.78, 5) is 0. The molecule has 0 saturated heterocycles. The van der Waals surface area contributed by atoms with E-state index in [0.29, 0.717) is 12.5 Å². The molecule has 0 spiro atoms. The van der Waals surface area contributed by atoms with Gasteiger partial charge in [0.15, 0.2) is 5.01 Å². The van der Waals surface area contributed by atoms with Gasteiger partial charge in [-0.2, -0.15) is 0 Å². The fourth-order valence-corrected chi connectivity index (χ4v) is 2.24. The summed E-state index contributed by atoms with van der Waals surface area (Å²) in [7, 11) is 0. The molecule has 1 aromatic heterocycles. The Labute approximate surface area is 103 Å². The predicted molar refractivity (Wildman–Crippen MR) is 65.1 cm³/mol. The standard InChI is InChI=1S/C11H11ClN2OS/c12-7-6-10-13-14-11(16-10)8-15-9-4-2-1-3-5-9/h1-5H,6-8H2. The number of ether oxygens (including phenoxy) is 1. The third kappa shape index (κ3) is 3.18. The van der Waals surface area contributed by atoms with Crippen LogP contribution >= 0.6 is 22.9 Å². The van der Waals surface area contributed by atoms with Crippen molar-refractivity contribution in [2.24, 2.45) is 0 Å². The number of hydrogen-bond donors (Lipinski definition) is 0. The average Bonchev–Trinajstić information content (AvgIpc) is 2.76. The molecule has 3 nitrogen and oxygen atoms in total. The zero-order chi connectivity index (χ0) is 11.2. The van der Waals surface area contributed by atoms with E-state index in [0.717, 1.165) is 22.2 Å². The van der Waals surface area contributed by atoms with Gasteiger partial charge in [-0.1, -0.05) is 29.5 Å². The normalized spacial score (nSPS) is 10.3. The summed E-state index contributed by atoms with van der Waals surface area (Å²) in [6, 6.07) is 9.67. The summed E-state index contributed by atoms with van der Waals surface area (Å²) in [5.74, 6) is 1.42. The van der Waals surface area contributed by atoms with Crippen molar-refractivity contribution in [1.82, 2.24) is 10.2 Å². The van der Waals surface area contributed by atoms with Gasteiger partial charge in [0.05, 0.1) is 0 Å². The van der Waals surface area contributed by atoms with Crippen LogP contribution < -0.4 is 4.74 Å². The molecule has 1 aromatic carbocycles. The lowest BCUT2D eigenvalue weighted by Gasteiger charge is -2.01. The third-order valence-electron chi connectivity index (χ3n) is 1.92. The monoisotopic (exact) mass is 254 g/mol. The molecule has 0 amide bonds. The van der Waals surface area contributed by atoms with Crippen molar-refractivity contribution >= 4 is 22.9 Å². The number of halogens is 1. The zero-order valence-electron chi connectivity index (χ0n) is 8.60. The Balaban J connectivity index is 1.89. The largest absolute Gasteiger partial charge is 0.486 e. The van der Waals surface area contributed by atoms with E-state index in [4.69, 9.17) is 16.3 Å². The van der Waals surface area contributed by atoms with Crippen LogP contribution in [0.5, 0.6) is 5.75 Å². The summed E-state index contributed by atoms with van der Waals surface area (Å²) in [5.41, 5.74) is 0. The van der Waals surface area contributed by atoms with E-state index in [1.165, 1.54) is 0 Å². The minimum atomic E-state index is 0.462. The van der Waals surface area contributed by atoms with Crippen LogP contribution in [0.1, 0.15) is 10.0 Å². The van der Waals surface area contributed by atoms with Gasteiger partial charge in [0.2, 0.25) is 0 Å². The number of benzene rings is 1. The van der Waals surface area contributed by atoms with Gasteiger partial charge in [-0.15, -0.1) is 21.8 Å². The van der Waals surface area contributed by atoms with E-state index < -0.39 is 0 Å². The Kier molecular flexibility index (Phi) is 4.13. The van der Waals surface area contributed by atoms with Gasteiger partial charge in [0.1, 0.15) is 17.4 Å². The number of nitrogens with zero attached hydrogens (tertiary/aromatic N) is 2. The molecule has 0 atom stereocenters. The minimum absolute atomic E-state index is 0.462. The molecule has 0 saturated carbocycles. The van der Waals surface area contributed by atoms with Gasteiger partial charge in [-0.05, 0) is 12.1 Å². The van der Waals surface area contributed by atoms with Gasteiger partial charge in [0, 0.05) is 12.3 Å². The SMILES string of the molecule is ClCCc1nnc(COc2ccccc2)s1. The molecule has 0 fully saturated rings. The van der Waals surface area contributed by atoms with Crippen molar-refractivity contribution in [3.8, 4) is 5.75 Å². The second-order valence-corrected chi connectivity index (χ2v) is 4.65. The first-order chi connectivity index (χ1) is 7.88. The van der Waals surface area contributed by atoms with Crippen molar-refractivity contribution in [3.63, 3.8) is 0 Å². The number of aryl methyl sites for hydroxylation is 1. The molecule has 5 heteroatoms. The average molecular weight is 255 g/mol. The highest BCUT2D eigenvalue weighted by Gasteiger charge is 2.04. The van der Waals surface area contributed by atoms with Gasteiger partial charge < -0.3 is 4.74 Å². The first kappa shape index (κ1) is 11.4. The van der Waals surface area contributed by atoms with Crippen LogP contribution in [0.15, 0.2) is 30.3 Å². The molecule has 0 N–H and O–H groups in total. The lowest BCUT2D eigenvalue weighted by Crippen LogP contribution is -1.94. The van der Waals surface area contributed by atoms with E-state index in [9.17, 15) is 0 Å². The molecule has 16 heavy (non-hydrogen) atoms. The van der Waals surface area contributed by atoms with Crippen molar-refractivity contribution in [2.75, 3.05) is 5.88 Å². The molecule has 2 rings (SSSR count). The summed E-state index contributed by atoms with van der Waals surface area (Å²) in [6.07, 6.45) is 0.768. The summed E-state index contributed by atoms with van der Waals surface area (Å²) >= 11 is 7.17. The molecule has 0 aliphatic carbocycles. The van der Waals surface area contributed by atoms with Gasteiger partial charge in [-0.25, -0.2) is 0 Å². The summed E-state index contributed by atoms with van der Waals surface area (Å²) < 4.78 is 5.56.